The quantitative estimate of drug-likeness (QED) is 0.820. The van der Waals surface area contributed by atoms with Crippen LogP contribution in [0.15, 0.2) is 18.2 Å². The summed E-state index contributed by atoms with van der Waals surface area (Å²) >= 11 is 5.55. The molecule has 6 heteroatoms. The van der Waals surface area contributed by atoms with E-state index in [1.165, 1.54) is 26.0 Å². The van der Waals surface area contributed by atoms with Gasteiger partial charge in [0.1, 0.15) is 11.2 Å². The van der Waals surface area contributed by atoms with Crippen molar-refractivity contribution in [1.82, 2.24) is 0 Å². The van der Waals surface area contributed by atoms with Crippen LogP contribution in [0.5, 0.6) is 0 Å². The summed E-state index contributed by atoms with van der Waals surface area (Å²) in [7, 11) is 0. The first-order valence-electron chi connectivity index (χ1n) is 4.75. The fourth-order valence-electron chi connectivity index (χ4n) is 0.967. The van der Waals surface area contributed by atoms with Crippen LogP contribution < -0.4 is 5.32 Å². The number of benzene rings is 1. The molecule has 0 unspecified atom stereocenters. The standard InChI is InChI=1S/C11H11ClFNO3/c1-11(2,10(16)17)9(15)14-8-4-3-6(12)5-7(8)13/h3-5H,1-2H3,(H,14,15)(H,16,17). The molecule has 0 aromatic heterocycles. The molecule has 4 nitrogen and oxygen atoms in total. The number of carbonyl (C=O) groups is 2. The van der Waals surface area contributed by atoms with Crippen LogP contribution in [-0.4, -0.2) is 17.0 Å². The van der Waals surface area contributed by atoms with Crippen molar-refractivity contribution in [3.05, 3.63) is 29.0 Å². The van der Waals surface area contributed by atoms with Gasteiger partial charge in [0, 0.05) is 5.02 Å². The van der Waals surface area contributed by atoms with Gasteiger partial charge in [-0.15, -0.1) is 0 Å². The second-order valence-corrected chi connectivity index (χ2v) is 4.44. The Morgan fingerprint density at radius 2 is 2.00 bits per heavy atom. The fourth-order valence-corrected chi connectivity index (χ4v) is 1.13. The molecular formula is C11H11ClFNO3. The van der Waals surface area contributed by atoms with Crippen LogP contribution in [0.2, 0.25) is 5.02 Å². The van der Waals surface area contributed by atoms with Crippen molar-refractivity contribution in [3.8, 4) is 0 Å². The lowest BCUT2D eigenvalue weighted by Crippen LogP contribution is -2.38. The number of amides is 1. The van der Waals surface area contributed by atoms with Crippen LogP contribution in [0.25, 0.3) is 0 Å². The summed E-state index contributed by atoms with van der Waals surface area (Å²) < 4.78 is 13.4. The summed E-state index contributed by atoms with van der Waals surface area (Å²) in [4.78, 5) is 22.4. The van der Waals surface area contributed by atoms with Gasteiger partial charge < -0.3 is 10.4 Å². The molecule has 0 aliphatic heterocycles. The fraction of sp³-hybridized carbons (Fsp3) is 0.273. The summed E-state index contributed by atoms with van der Waals surface area (Å²) in [5.41, 5.74) is -1.74. The van der Waals surface area contributed by atoms with Crippen LogP contribution in [0.1, 0.15) is 13.8 Å². The molecule has 0 fully saturated rings. The van der Waals surface area contributed by atoms with Crippen LogP contribution in [0.4, 0.5) is 10.1 Å². The summed E-state index contributed by atoms with van der Waals surface area (Å²) in [6.45, 7) is 2.47. The maximum atomic E-state index is 13.4. The molecule has 0 aliphatic carbocycles. The molecule has 92 valence electrons. The average Bonchev–Trinajstić information content (AvgIpc) is 2.21. The van der Waals surface area contributed by atoms with Crippen molar-refractivity contribution in [3.63, 3.8) is 0 Å². The normalized spacial score (nSPS) is 11.1. The second kappa shape index (κ2) is 4.71. The molecule has 1 aromatic carbocycles. The maximum Gasteiger partial charge on any atom is 0.318 e. The number of carbonyl (C=O) groups excluding carboxylic acids is 1. The van der Waals surface area contributed by atoms with Crippen molar-refractivity contribution >= 4 is 29.2 Å². The van der Waals surface area contributed by atoms with E-state index in [0.717, 1.165) is 6.07 Å². The number of halogens is 2. The molecule has 0 radical (unpaired) electrons. The van der Waals surface area contributed by atoms with Crippen LogP contribution in [0, 0.1) is 11.2 Å². The lowest BCUT2D eigenvalue weighted by molar-refractivity contribution is -0.151. The summed E-state index contributed by atoms with van der Waals surface area (Å²) in [5.74, 6) is -2.80. The Bertz CT molecular complexity index is 474. The van der Waals surface area contributed by atoms with Crippen LogP contribution in [-0.2, 0) is 9.59 Å². The maximum absolute atomic E-state index is 13.4. The van der Waals surface area contributed by atoms with Gasteiger partial charge >= 0.3 is 5.97 Å². The van der Waals surface area contributed by atoms with Gasteiger partial charge in [-0.2, -0.15) is 0 Å². The highest BCUT2D eigenvalue weighted by atomic mass is 35.5. The second-order valence-electron chi connectivity index (χ2n) is 4.01. The van der Waals surface area contributed by atoms with Crippen molar-refractivity contribution in [2.75, 3.05) is 5.32 Å². The highest BCUT2D eigenvalue weighted by Gasteiger charge is 2.36. The molecule has 1 aromatic rings. The molecule has 17 heavy (non-hydrogen) atoms. The number of aliphatic carboxylic acids is 1. The molecule has 0 bridgehead atoms. The van der Waals surface area contributed by atoms with E-state index >= 15 is 0 Å². The molecule has 0 spiro atoms. The largest absolute Gasteiger partial charge is 0.480 e. The Morgan fingerprint density at radius 3 is 2.47 bits per heavy atom. The predicted octanol–water partition coefficient (Wildman–Crippen LogP) is 2.53. The number of carboxylic acids is 1. The Hall–Kier alpha value is -1.62. The number of carboxylic acid groups (broad SMARTS) is 1. The summed E-state index contributed by atoms with van der Waals surface area (Å²) in [6, 6.07) is 3.70. The van der Waals surface area contributed by atoms with E-state index in [1.807, 2.05) is 0 Å². The van der Waals surface area contributed by atoms with Gasteiger partial charge in [0.2, 0.25) is 5.91 Å². The van der Waals surface area contributed by atoms with Gasteiger partial charge in [0.05, 0.1) is 5.69 Å². The smallest absolute Gasteiger partial charge is 0.318 e. The van der Waals surface area contributed by atoms with Crippen molar-refractivity contribution in [2.24, 2.45) is 5.41 Å². The lowest BCUT2D eigenvalue weighted by Gasteiger charge is -2.18. The Balaban J connectivity index is 2.92. The zero-order valence-corrected chi connectivity index (χ0v) is 10.0. The SMILES string of the molecule is CC(C)(C(=O)O)C(=O)Nc1ccc(Cl)cc1F. The van der Waals surface area contributed by atoms with E-state index in [9.17, 15) is 14.0 Å². The van der Waals surface area contributed by atoms with E-state index in [0.29, 0.717) is 0 Å². The highest BCUT2D eigenvalue weighted by molar-refractivity contribution is 6.30. The Morgan fingerprint density at radius 1 is 1.41 bits per heavy atom. The number of nitrogens with one attached hydrogen (secondary N) is 1. The Kier molecular flexibility index (Phi) is 3.72. The minimum absolute atomic E-state index is 0.103. The summed E-state index contributed by atoms with van der Waals surface area (Å²) in [6.07, 6.45) is 0. The molecule has 0 saturated heterocycles. The third-order valence-electron chi connectivity index (χ3n) is 2.28. The van der Waals surface area contributed by atoms with Crippen molar-refractivity contribution in [2.45, 2.75) is 13.8 Å². The van der Waals surface area contributed by atoms with Crippen LogP contribution >= 0.6 is 11.6 Å². The number of rotatable bonds is 3. The van der Waals surface area contributed by atoms with Crippen LogP contribution in [0.3, 0.4) is 0 Å². The monoisotopic (exact) mass is 259 g/mol. The molecule has 2 N–H and O–H groups in total. The topological polar surface area (TPSA) is 66.4 Å². The molecule has 0 atom stereocenters. The zero-order valence-electron chi connectivity index (χ0n) is 9.25. The van der Waals surface area contributed by atoms with E-state index in [2.05, 4.69) is 5.32 Å². The molecular weight excluding hydrogens is 249 g/mol. The predicted molar refractivity (Wildman–Crippen MR) is 61.5 cm³/mol. The van der Waals surface area contributed by atoms with Gasteiger partial charge in [-0.1, -0.05) is 11.6 Å². The summed E-state index contributed by atoms with van der Waals surface area (Å²) in [5, 5.41) is 11.2. The molecule has 0 aliphatic rings. The minimum Gasteiger partial charge on any atom is -0.480 e. The third-order valence-corrected chi connectivity index (χ3v) is 2.52. The van der Waals surface area contributed by atoms with E-state index in [-0.39, 0.29) is 10.7 Å². The third kappa shape index (κ3) is 2.94. The number of hydrogen-bond donors (Lipinski definition) is 2. The average molecular weight is 260 g/mol. The first-order valence-corrected chi connectivity index (χ1v) is 5.13. The van der Waals surface area contributed by atoms with Gasteiger partial charge in [-0.25, -0.2) is 4.39 Å². The molecule has 0 saturated carbocycles. The Labute approximate surface area is 102 Å². The molecule has 1 rings (SSSR count). The number of hydrogen-bond acceptors (Lipinski definition) is 2. The van der Waals surface area contributed by atoms with Gasteiger partial charge in [0.25, 0.3) is 0 Å². The van der Waals surface area contributed by atoms with Gasteiger partial charge in [-0.3, -0.25) is 9.59 Å². The lowest BCUT2D eigenvalue weighted by atomic mass is 9.92. The van der Waals surface area contributed by atoms with E-state index in [4.69, 9.17) is 16.7 Å². The first kappa shape index (κ1) is 13.4. The highest BCUT2D eigenvalue weighted by Crippen LogP contribution is 2.22. The van der Waals surface area contributed by atoms with Crippen molar-refractivity contribution < 1.29 is 19.1 Å². The molecule has 1 amide bonds. The first-order chi connectivity index (χ1) is 7.75. The van der Waals surface area contributed by atoms with E-state index in [1.54, 1.807) is 0 Å². The van der Waals surface area contributed by atoms with Gasteiger partial charge in [-0.05, 0) is 32.0 Å². The zero-order chi connectivity index (χ0) is 13.2. The number of anilines is 1. The van der Waals surface area contributed by atoms with Gasteiger partial charge in [0.15, 0.2) is 0 Å². The van der Waals surface area contributed by atoms with Crippen molar-refractivity contribution in [1.29, 1.82) is 0 Å². The minimum atomic E-state index is -1.63. The van der Waals surface area contributed by atoms with E-state index < -0.39 is 23.1 Å². The molecule has 0 heterocycles.